The van der Waals surface area contributed by atoms with Crippen molar-refractivity contribution >= 4 is 23.2 Å². The lowest BCUT2D eigenvalue weighted by Gasteiger charge is -2.19. The fourth-order valence-electron chi connectivity index (χ4n) is 2.58. The summed E-state index contributed by atoms with van der Waals surface area (Å²) in [6.07, 6.45) is 0. The molecule has 2 aromatic carbocycles. The summed E-state index contributed by atoms with van der Waals surface area (Å²) in [5.41, 5.74) is 3.96. The fourth-order valence-corrected chi connectivity index (χ4v) is 2.81. The summed E-state index contributed by atoms with van der Waals surface area (Å²) in [4.78, 5) is 14.2. The zero-order valence-electron chi connectivity index (χ0n) is 14.5. The van der Waals surface area contributed by atoms with Crippen LogP contribution in [0.5, 0.6) is 5.75 Å². The van der Waals surface area contributed by atoms with Crippen LogP contribution in [0, 0.1) is 13.8 Å². The van der Waals surface area contributed by atoms with E-state index in [4.69, 9.17) is 16.3 Å². The Bertz CT molecular complexity index is 731. The first kappa shape index (κ1) is 18.3. The van der Waals surface area contributed by atoms with Crippen LogP contribution in [0.2, 0.25) is 5.02 Å². The molecule has 0 aromatic heterocycles. The van der Waals surface area contributed by atoms with E-state index >= 15 is 0 Å². The lowest BCUT2D eigenvalue weighted by atomic mass is 10.1. The number of amides is 1. The predicted molar refractivity (Wildman–Crippen MR) is 98.9 cm³/mol. The molecule has 0 fully saturated rings. The van der Waals surface area contributed by atoms with Crippen LogP contribution in [-0.4, -0.2) is 31.5 Å². The van der Waals surface area contributed by atoms with Gasteiger partial charge in [0.05, 0.1) is 13.7 Å². The second-order valence-electron chi connectivity index (χ2n) is 6.00. The van der Waals surface area contributed by atoms with Crippen molar-refractivity contribution in [3.63, 3.8) is 0 Å². The Kier molecular flexibility index (Phi) is 6.23. The number of aryl methyl sites for hydroxylation is 2. The number of likely N-dealkylation sites (N-methyl/N-ethyl adjacent to an activating group) is 1. The Morgan fingerprint density at radius 1 is 1.21 bits per heavy atom. The molecule has 128 valence electrons. The van der Waals surface area contributed by atoms with Crippen LogP contribution in [0.1, 0.15) is 16.7 Å². The van der Waals surface area contributed by atoms with E-state index in [1.54, 1.807) is 13.2 Å². The number of methoxy groups -OCH3 is 1. The zero-order valence-corrected chi connectivity index (χ0v) is 15.3. The van der Waals surface area contributed by atoms with Gasteiger partial charge >= 0.3 is 0 Å². The molecule has 2 rings (SSSR count). The molecule has 1 N–H and O–H groups in total. The molecular formula is C19H23ClN2O2. The third-order valence-electron chi connectivity index (χ3n) is 3.75. The summed E-state index contributed by atoms with van der Waals surface area (Å²) >= 11 is 5.94. The first-order valence-corrected chi connectivity index (χ1v) is 8.15. The van der Waals surface area contributed by atoms with Gasteiger partial charge in [-0.25, -0.2) is 0 Å². The topological polar surface area (TPSA) is 41.6 Å². The van der Waals surface area contributed by atoms with Crippen molar-refractivity contribution in [3.05, 3.63) is 58.1 Å². The molecule has 5 heteroatoms. The number of carbonyl (C=O) groups excluding carboxylic acids is 1. The summed E-state index contributed by atoms with van der Waals surface area (Å²) in [5, 5.41) is 3.58. The second-order valence-corrected chi connectivity index (χ2v) is 6.43. The summed E-state index contributed by atoms with van der Waals surface area (Å²) in [6.45, 7) is 4.89. The second kappa shape index (κ2) is 8.18. The van der Waals surface area contributed by atoms with Gasteiger partial charge in [-0.1, -0.05) is 29.3 Å². The number of anilines is 1. The number of hydrogen-bond acceptors (Lipinski definition) is 3. The van der Waals surface area contributed by atoms with Gasteiger partial charge in [-0.3, -0.25) is 9.69 Å². The van der Waals surface area contributed by atoms with E-state index in [1.807, 2.05) is 50.1 Å². The third kappa shape index (κ3) is 4.98. The number of ether oxygens (including phenoxy) is 1. The maximum absolute atomic E-state index is 12.3. The maximum atomic E-state index is 12.3. The van der Waals surface area contributed by atoms with E-state index in [0.717, 1.165) is 22.6 Å². The van der Waals surface area contributed by atoms with Gasteiger partial charge in [0.2, 0.25) is 5.91 Å². The fraction of sp³-hybridized carbons (Fsp3) is 0.316. The number of nitrogens with zero attached hydrogens (tertiary/aromatic N) is 1. The van der Waals surface area contributed by atoms with E-state index in [2.05, 4.69) is 11.4 Å². The van der Waals surface area contributed by atoms with Crippen molar-refractivity contribution in [3.8, 4) is 5.75 Å². The van der Waals surface area contributed by atoms with Crippen molar-refractivity contribution in [1.29, 1.82) is 0 Å². The molecule has 0 atom stereocenters. The minimum atomic E-state index is -0.0606. The van der Waals surface area contributed by atoms with Crippen LogP contribution in [0.4, 0.5) is 5.69 Å². The Morgan fingerprint density at radius 2 is 1.96 bits per heavy atom. The summed E-state index contributed by atoms with van der Waals surface area (Å²) < 4.78 is 5.39. The highest BCUT2D eigenvalue weighted by molar-refractivity contribution is 6.30. The van der Waals surface area contributed by atoms with Crippen LogP contribution in [0.25, 0.3) is 0 Å². The molecular weight excluding hydrogens is 324 g/mol. The van der Waals surface area contributed by atoms with Crippen molar-refractivity contribution in [1.82, 2.24) is 4.90 Å². The largest absolute Gasteiger partial charge is 0.496 e. The normalized spacial score (nSPS) is 10.8. The average Bonchev–Trinajstić information content (AvgIpc) is 2.50. The smallest absolute Gasteiger partial charge is 0.238 e. The molecule has 0 saturated carbocycles. The molecule has 0 radical (unpaired) electrons. The van der Waals surface area contributed by atoms with E-state index in [0.29, 0.717) is 18.1 Å². The Hall–Kier alpha value is -2.04. The van der Waals surface area contributed by atoms with Gasteiger partial charge in [0.15, 0.2) is 0 Å². The molecule has 24 heavy (non-hydrogen) atoms. The van der Waals surface area contributed by atoms with Crippen LogP contribution in [0.3, 0.4) is 0 Å². The average molecular weight is 347 g/mol. The van der Waals surface area contributed by atoms with Crippen LogP contribution in [0.15, 0.2) is 36.4 Å². The van der Waals surface area contributed by atoms with Crippen molar-refractivity contribution < 1.29 is 9.53 Å². The predicted octanol–water partition coefficient (Wildman–Crippen LogP) is 4.04. The molecule has 0 unspecified atom stereocenters. The van der Waals surface area contributed by atoms with Gasteiger partial charge in [0.1, 0.15) is 5.75 Å². The van der Waals surface area contributed by atoms with Gasteiger partial charge in [-0.2, -0.15) is 0 Å². The van der Waals surface area contributed by atoms with E-state index in [1.165, 1.54) is 5.56 Å². The highest BCUT2D eigenvalue weighted by atomic mass is 35.5. The van der Waals surface area contributed by atoms with E-state index < -0.39 is 0 Å². The molecule has 4 nitrogen and oxygen atoms in total. The van der Waals surface area contributed by atoms with E-state index in [9.17, 15) is 4.79 Å². The summed E-state index contributed by atoms with van der Waals surface area (Å²) in [6, 6.07) is 11.5. The SMILES string of the molecule is COc1ccc(C)cc1CN(C)CC(=O)Nc1ccc(Cl)cc1C. The number of hydrogen-bond donors (Lipinski definition) is 1. The molecule has 0 saturated heterocycles. The van der Waals surface area contributed by atoms with Gasteiger partial charge in [-0.05, 0) is 50.7 Å². The number of benzene rings is 2. The van der Waals surface area contributed by atoms with Crippen molar-refractivity contribution in [2.75, 3.05) is 26.0 Å². The van der Waals surface area contributed by atoms with Crippen LogP contribution >= 0.6 is 11.6 Å². The summed E-state index contributed by atoms with van der Waals surface area (Å²) in [7, 11) is 3.57. The monoisotopic (exact) mass is 346 g/mol. The first-order chi connectivity index (χ1) is 11.4. The van der Waals surface area contributed by atoms with E-state index in [-0.39, 0.29) is 5.91 Å². The lowest BCUT2D eigenvalue weighted by molar-refractivity contribution is -0.117. The number of halogens is 1. The lowest BCUT2D eigenvalue weighted by Crippen LogP contribution is -2.30. The van der Waals surface area contributed by atoms with Gasteiger partial charge in [0, 0.05) is 22.8 Å². The van der Waals surface area contributed by atoms with Crippen molar-refractivity contribution in [2.45, 2.75) is 20.4 Å². The quantitative estimate of drug-likeness (QED) is 0.858. The molecule has 1 amide bonds. The van der Waals surface area contributed by atoms with Crippen LogP contribution in [-0.2, 0) is 11.3 Å². The van der Waals surface area contributed by atoms with Gasteiger partial charge in [-0.15, -0.1) is 0 Å². The highest BCUT2D eigenvalue weighted by Crippen LogP contribution is 2.22. The van der Waals surface area contributed by atoms with Gasteiger partial charge in [0.25, 0.3) is 0 Å². The Balaban J connectivity index is 1.98. The molecule has 0 aliphatic rings. The Labute approximate surface area is 148 Å². The number of carbonyl (C=O) groups is 1. The van der Waals surface area contributed by atoms with Crippen LogP contribution < -0.4 is 10.1 Å². The molecule has 0 aliphatic carbocycles. The van der Waals surface area contributed by atoms with Gasteiger partial charge < -0.3 is 10.1 Å². The molecule has 0 bridgehead atoms. The summed E-state index contributed by atoms with van der Waals surface area (Å²) in [5.74, 6) is 0.774. The minimum absolute atomic E-state index is 0.0606. The third-order valence-corrected chi connectivity index (χ3v) is 3.99. The molecule has 0 aliphatic heterocycles. The number of nitrogens with one attached hydrogen (secondary N) is 1. The number of rotatable bonds is 6. The standard InChI is InChI=1S/C19H23ClN2O2/c1-13-5-8-18(24-4)15(9-13)11-22(3)12-19(23)21-17-7-6-16(20)10-14(17)2/h5-10H,11-12H2,1-4H3,(H,21,23). The molecule has 2 aromatic rings. The maximum Gasteiger partial charge on any atom is 0.238 e. The first-order valence-electron chi connectivity index (χ1n) is 7.77. The highest BCUT2D eigenvalue weighted by Gasteiger charge is 2.11. The molecule has 0 spiro atoms. The minimum Gasteiger partial charge on any atom is -0.496 e. The van der Waals surface area contributed by atoms with Crippen molar-refractivity contribution in [2.24, 2.45) is 0 Å². The zero-order chi connectivity index (χ0) is 17.7. The Morgan fingerprint density at radius 3 is 2.62 bits per heavy atom. The molecule has 0 heterocycles.